The normalized spacial score (nSPS) is 17.8. The average molecular weight is 1090 g/mol. The number of alkyl carbamates (subject to hydrolysis) is 1. The first kappa shape index (κ1) is 56.5. The van der Waals surface area contributed by atoms with E-state index in [1.165, 1.54) is 6.33 Å². The summed E-state index contributed by atoms with van der Waals surface area (Å²) in [5.41, 5.74) is 7.80. The smallest absolute Gasteiger partial charge is 0.407 e. The number of fused-ring (bicyclic) bond motifs is 1. The van der Waals surface area contributed by atoms with Crippen molar-refractivity contribution >= 4 is 47.3 Å². The number of amides is 1. The van der Waals surface area contributed by atoms with Crippen LogP contribution in [0.5, 0.6) is 11.5 Å². The number of benzene rings is 6. The van der Waals surface area contributed by atoms with Crippen molar-refractivity contribution in [3.05, 3.63) is 205 Å². The molecule has 0 bridgehead atoms. The standard InChI is InChI=1S/C63H67N7O9Si/c1-61(2,3)80(50-26-15-8-16-27-50,51-28-17-9-18-29-51)63(73)55(78-59(70-43-69-52-57(65)67-42-68-58(52)70)56(63)76-40-20-10-19-39-66-60(72)77-41-21-38-64)54(53(71)44-22-11-6-12-23-44)79-62(45-24-13-7-14-25-45,46-30-34-48(74-4)35-31-46)47-32-36-49(75-5)37-33-47/h6-9,11-18,22-37,42-43,54-56,59,73H,10,19-21,39-41H2,1-5H3,(H,66,72)(H2,65,67,68)/t54?,55-,56+,59-,63+/m1/s1. The number of ketones is 1. The molecule has 8 aromatic rings. The van der Waals surface area contributed by atoms with E-state index in [0.717, 1.165) is 10.4 Å². The molecule has 1 saturated heterocycles. The molecule has 1 aliphatic heterocycles. The number of nitrogens with zero attached hydrogens (tertiary/aromatic N) is 5. The Morgan fingerprint density at radius 3 is 1.85 bits per heavy atom. The minimum absolute atomic E-state index is 0.0000891. The summed E-state index contributed by atoms with van der Waals surface area (Å²) < 4.78 is 41.4. The van der Waals surface area contributed by atoms with Crippen LogP contribution in [0.15, 0.2) is 183 Å². The second-order valence-corrected chi connectivity index (χ2v) is 25.6. The summed E-state index contributed by atoms with van der Waals surface area (Å²) in [7, 11) is -0.879. The van der Waals surface area contributed by atoms with Crippen molar-refractivity contribution in [1.82, 2.24) is 24.8 Å². The fourth-order valence-electron chi connectivity index (χ4n) is 11.7. The van der Waals surface area contributed by atoms with Crippen LogP contribution >= 0.6 is 0 Å². The Labute approximate surface area is 467 Å². The summed E-state index contributed by atoms with van der Waals surface area (Å²) in [6.45, 7) is 6.83. The molecule has 1 aliphatic rings. The second-order valence-electron chi connectivity index (χ2n) is 20.7. The number of nitrogens with one attached hydrogen (secondary N) is 1. The molecule has 1 amide bonds. The molecule has 0 radical (unpaired) electrons. The van der Waals surface area contributed by atoms with Crippen molar-refractivity contribution in [2.75, 3.05) is 39.7 Å². The maximum Gasteiger partial charge on any atom is 0.407 e. The molecule has 16 nitrogen and oxygen atoms in total. The number of unbranched alkanes of at least 4 members (excludes halogenated alkanes) is 2. The van der Waals surface area contributed by atoms with E-state index in [0.29, 0.717) is 70.7 Å². The maximum absolute atomic E-state index is 16.6. The molecule has 2 aromatic heterocycles. The number of rotatable bonds is 23. The maximum atomic E-state index is 16.6. The number of methoxy groups -OCH3 is 2. The lowest BCUT2D eigenvalue weighted by Crippen LogP contribution is -2.84. The van der Waals surface area contributed by atoms with Gasteiger partial charge < -0.3 is 44.6 Å². The van der Waals surface area contributed by atoms with Gasteiger partial charge in [-0.15, -0.1) is 0 Å². The van der Waals surface area contributed by atoms with Crippen LogP contribution in [-0.4, -0.2) is 102 Å². The van der Waals surface area contributed by atoms with Gasteiger partial charge in [0.2, 0.25) is 0 Å². The van der Waals surface area contributed by atoms with Crippen molar-refractivity contribution in [3.63, 3.8) is 0 Å². The number of hydrogen-bond donors (Lipinski definition) is 3. The van der Waals surface area contributed by atoms with Gasteiger partial charge in [0.15, 0.2) is 37.7 Å². The number of nitrogens with two attached hydrogens (primary N) is 1. The Bertz CT molecular complexity index is 3270. The average Bonchev–Trinajstić information content (AvgIpc) is 3.57. The van der Waals surface area contributed by atoms with Gasteiger partial charge in [-0.25, -0.2) is 19.7 Å². The number of imidazole rings is 1. The Morgan fingerprint density at radius 1 is 0.750 bits per heavy atom. The van der Waals surface area contributed by atoms with Crippen LogP contribution in [0.3, 0.4) is 0 Å². The number of aromatic nitrogens is 4. The number of Topliss-reactive ketones (excluding diaryl/α,β-unsaturated/α-hetero) is 1. The number of ether oxygens (including phenoxy) is 6. The number of hydrogen-bond acceptors (Lipinski definition) is 14. The van der Waals surface area contributed by atoms with E-state index >= 15 is 9.90 Å². The summed E-state index contributed by atoms with van der Waals surface area (Å²) in [5.74, 6) is 0.883. The zero-order valence-corrected chi connectivity index (χ0v) is 46.6. The van der Waals surface area contributed by atoms with Gasteiger partial charge in [0, 0.05) is 18.7 Å². The van der Waals surface area contributed by atoms with E-state index in [4.69, 9.17) is 49.4 Å². The highest BCUT2D eigenvalue weighted by Gasteiger charge is 2.75. The fraction of sp³-hybridized carbons (Fsp3) is 0.302. The predicted octanol–water partition coefficient (Wildman–Crippen LogP) is 9.11. The van der Waals surface area contributed by atoms with Crippen molar-refractivity contribution in [1.29, 1.82) is 5.26 Å². The molecule has 0 spiro atoms. The molecule has 1 unspecified atom stereocenters. The van der Waals surface area contributed by atoms with Crippen molar-refractivity contribution in [3.8, 4) is 17.6 Å². The minimum atomic E-state index is -4.09. The lowest BCUT2D eigenvalue weighted by molar-refractivity contribution is -0.135. The number of nitriles is 1. The number of aliphatic hydroxyl groups is 1. The molecule has 3 heterocycles. The van der Waals surface area contributed by atoms with Crippen LogP contribution in [0.1, 0.15) is 79.7 Å². The van der Waals surface area contributed by atoms with Gasteiger partial charge in [0.05, 0.1) is 33.0 Å². The van der Waals surface area contributed by atoms with E-state index in [1.807, 2.05) is 127 Å². The molecule has 6 aromatic carbocycles. The van der Waals surface area contributed by atoms with Gasteiger partial charge in [-0.2, -0.15) is 5.26 Å². The highest BCUT2D eigenvalue weighted by Crippen LogP contribution is 2.55. The monoisotopic (exact) mass is 1090 g/mol. The number of carbonyl (C=O) groups is 2. The van der Waals surface area contributed by atoms with Gasteiger partial charge in [-0.3, -0.25) is 9.36 Å². The quantitative estimate of drug-likeness (QED) is 0.0236. The Kier molecular flexibility index (Phi) is 17.5. The Hall–Kier alpha value is -8.24. The molecule has 80 heavy (non-hydrogen) atoms. The van der Waals surface area contributed by atoms with Crippen molar-refractivity contribution < 1.29 is 43.1 Å². The zero-order chi connectivity index (χ0) is 56.3. The zero-order valence-electron chi connectivity index (χ0n) is 45.6. The predicted molar refractivity (Wildman–Crippen MR) is 307 cm³/mol. The van der Waals surface area contributed by atoms with E-state index < -0.39 is 60.4 Å². The lowest BCUT2D eigenvalue weighted by atomic mass is 9.79. The number of nitrogen functional groups attached to an aromatic ring is 1. The fourth-order valence-corrected chi connectivity index (χ4v) is 18.5. The highest BCUT2D eigenvalue weighted by atomic mass is 28.3. The SMILES string of the molecule is COc1ccc(C(OC(C(=O)c2ccccc2)[C@H]2O[C@@H](n3cnc4c(N)ncnc43)[C@H](OCCCCCNC(=O)OCCC#N)[C@@]2(O)[Si](c2ccccc2)(c2ccccc2)C(C)(C)C)(c2ccccc2)c2ccc(OC)cc2)cc1. The topological polar surface area (TPSA) is 215 Å². The van der Waals surface area contributed by atoms with Gasteiger partial charge in [0.25, 0.3) is 0 Å². The van der Waals surface area contributed by atoms with Crippen molar-refractivity contribution in [2.45, 2.75) is 86.9 Å². The highest BCUT2D eigenvalue weighted by molar-refractivity contribution is 7.06. The minimum Gasteiger partial charge on any atom is -0.497 e. The summed E-state index contributed by atoms with van der Waals surface area (Å²) >= 11 is 0. The van der Waals surface area contributed by atoms with Gasteiger partial charge >= 0.3 is 6.09 Å². The summed E-state index contributed by atoms with van der Waals surface area (Å²) in [4.78, 5) is 42.6. The first-order valence-electron chi connectivity index (χ1n) is 26.8. The third-order valence-electron chi connectivity index (χ3n) is 15.1. The van der Waals surface area contributed by atoms with E-state index in [2.05, 4.69) is 55.3 Å². The second kappa shape index (κ2) is 24.8. The van der Waals surface area contributed by atoms with E-state index in [1.54, 1.807) is 49.4 Å². The van der Waals surface area contributed by atoms with Crippen LogP contribution in [0.2, 0.25) is 5.04 Å². The van der Waals surface area contributed by atoms with E-state index in [-0.39, 0.29) is 25.5 Å². The molecule has 17 heteroatoms. The van der Waals surface area contributed by atoms with Gasteiger partial charge in [-0.1, -0.05) is 177 Å². The lowest BCUT2D eigenvalue weighted by Gasteiger charge is -2.56. The molecular formula is C63H67N7O9Si. The van der Waals surface area contributed by atoms with Crippen LogP contribution < -0.4 is 30.9 Å². The molecular weight excluding hydrogens is 1030 g/mol. The van der Waals surface area contributed by atoms with Crippen LogP contribution in [0.25, 0.3) is 11.2 Å². The third kappa shape index (κ3) is 10.8. The molecule has 0 aliphatic carbocycles. The van der Waals surface area contributed by atoms with E-state index in [9.17, 15) is 4.79 Å². The molecule has 0 saturated carbocycles. The number of carbonyl (C=O) groups excluding carboxylic acids is 2. The number of anilines is 1. The molecule has 9 rings (SSSR count). The molecule has 5 atom stereocenters. The van der Waals surface area contributed by atoms with Crippen molar-refractivity contribution in [2.24, 2.45) is 0 Å². The summed E-state index contributed by atoms with van der Waals surface area (Å²) in [6, 6.07) is 55.7. The van der Waals surface area contributed by atoms with Crippen LogP contribution in [0.4, 0.5) is 10.6 Å². The Balaban J connectivity index is 1.33. The molecule has 412 valence electrons. The van der Waals surface area contributed by atoms with Crippen LogP contribution in [-0.2, 0) is 24.5 Å². The van der Waals surface area contributed by atoms with Crippen LogP contribution in [0, 0.1) is 11.3 Å². The first-order chi connectivity index (χ1) is 38.8. The largest absolute Gasteiger partial charge is 0.497 e. The summed E-state index contributed by atoms with van der Waals surface area (Å²) in [6.07, 6.45) is -1.64. The Morgan fingerprint density at radius 2 is 1.30 bits per heavy atom. The molecule has 4 N–H and O–H groups in total. The van der Waals surface area contributed by atoms with Gasteiger partial charge in [-0.05, 0) is 65.3 Å². The van der Waals surface area contributed by atoms with Gasteiger partial charge in [0.1, 0.15) is 53.0 Å². The third-order valence-corrected chi connectivity index (χ3v) is 21.5. The molecule has 1 fully saturated rings. The first-order valence-corrected chi connectivity index (χ1v) is 28.8. The summed E-state index contributed by atoms with van der Waals surface area (Å²) in [5, 5.41) is 26.1.